The quantitative estimate of drug-likeness (QED) is 0.0222. The van der Waals surface area contributed by atoms with Gasteiger partial charge in [0.2, 0.25) is 0 Å². The highest BCUT2D eigenvalue weighted by Crippen LogP contribution is 2.45. The van der Waals surface area contributed by atoms with Gasteiger partial charge in [-0.2, -0.15) is 0 Å². The van der Waals surface area contributed by atoms with Gasteiger partial charge in [0.25, 0.3) is 0 Å². The molecular weight excluding hydrogens is 1130 g/mol. The number of aliphatic hydroxyl groups is 1. The molecule has 0 amide bonds. The third-order valence-electron chi connectivity index (χ3n) is 15.6. The van der Waals surface area contributed by atoms with E-state index in [0.717, 1.165) is 109 Å². The van der Waals surface area contributed by atoms with Crippen molar-refractivity contribution in [1.29, 1.82) is 0 Å². The van der Waals surface area contributed by atoms with Crippen molar-refractivity contribution in [3.05, 3.63) is 0 Å². The minimum atomic E-state index is -4.94. The lowest BCUT2D eigenvalue weighted by molar-refractivity contribution is -0.161. The molecule has 0 heterocycles. The molecule has 3 N–H and O–H groups in total. The Kier molecular flexibility index (Phi) is 58.3. The molecule has 0 saturated heterocycles. The summed E-state index contributed by atoms with van der Waals surface area (Å²) in [7, 11) is -9.88. The van der Waals surface area contributed by atoms with Crippen molar-refractivity contribution in [2.24, 2.45) is 5.92 Å². The Labute approximate surface area is 517 Å². The van der Waals surface area contributed by atoms with Crippen molar-refractivity contribution in [3.63, 3.8) is 0 Å². The molecule has 0 fully saturated rings. The number of carbonyl (C=O) groups is 4. The second kappa shape index (κ2) is 59.7. The highest BCUT2D eigenvalue weighted by molar-refractivity contribution is 7.47. The van der Waals surface area contributed by atoms with Crippen LogP contribution in [0, 0.1) is 5.92 Å². The lowest BCUT2D eigenvalue weighted by Crippen LogP contribution is -2.30. The maximum Gasteiger partial charge on any atom is 0.472 e. The van der Waals surface area contributed by atoms with Crippen LogP contribution in [0.4, 0.5) is 0 Å². The zero-order valence-electron chi connectivity index (χ0n) is 54.7. The molecule has 6 atom stereocenters. The lowest BCUT2D eigenvalue weighted by atomic mass is 9.99. The number of carbonyl (C=O) groups excluding carboxylic acids is 4. The fourth-order valence-corrected chi connectivity index (χ4v) is 11.5. The highest BCUT2D eigenvalue weighted by atomic mass is 31.2. The van der Waals surface area contributed by atoms with Gasteiger partial charge in [0.05, 0.1) is 26.4 Å². The normalized spacial score (nSPS) is 14.5. The van der Waals surface area contributed by atoms with Crippen molar-refractivity contribution in [3.8, 4) is 0 Å². The lowest BCUT2D eigenvalue weighted by Gasteiger charge is -2.21. The van der Waals surface area contributed by atoms with Crippen molar-refractivity contribution in [1.82, 2.24) is 0 Å². The Morgan fingerprint density at radius 1 is 0.329 bits per heavy atom. The SMILES string of the molecule is CCCCCCCCCCCCCCCCC(=O)OC[C@H](COP(=O)(O)OC[C@@H](O)COP(=O)(O)OC[C@@H](COC(=O)CCCCCCC)OC(=O)CCCCCCCCCC)OC(=O)CCCCCCCCCCCCCCCCC(C)CC. The third-order valence-corrected chi connectivity index (χ3v) is 17.5. The zero-order chi connectivity index (χ0) is 62.8. The summed E-state index contributed by atoms with van der Waals surface area (Å²) in [5, 5.41) is 10.5. The largest absolute Gasteiger partial charge is 0.472 e. The van der Waals surface area contributed by atoms with E-state index in [-0.39, 0.29) is 25.7 Å². The number of hydrogen-bond acceptors (Lipinski definition) is 15. The predicted molar refractivity (Wildman–Crippen MR) is 340 cm³/mol. The maximum absolute atomic E-state index is 13.0. The van der Waals surface area contributed by atoms with Crippen molar-refractivity contribution in [2.45, 2.75) is 355 Å². The summed E-state index contributed by atoms with van der Waals surface area (Å²) < 4.78 is 67.8. The molecule has 0 aliphatic rings. The van der Waals surface area contributed by atoms with Gasteiger partial charge in [-0.25, -0.2) is 9.13 Å². The fraction of sp³-hybridized carbons (Fsp3) is 0.939. The van der Waals surface area contributed by atoms with E-state index in [1.807, 2.05) is 0 Å². The van der Waals surface area contributed by atoms with Gasteiger partial charge in [-0.15, -0.1) is 0 Å². The molecule has 19 heteroatoms. The molecule has 504 valence electrons. The molecule has 0 bridgehead atoms. The van der Waals surface area contributed by atoms with Crippen LogP contribution in [0.2, 0.25) is 0 Å². The highest BCUT2D eigenvalue weighted by Gasteiger charge is 2.30. The van der Waals surface area contributed by atoms with Gasteiger partial charge < -0.3 is 33.8 Å². The number of esters is 4. The Morgan fingerprint density at radius 2 is 0.565 bits per heavy atom. The molecule has 3 unspecified atom stereocenters. The number of rotatable bonds is 66. The Bertz CT molecular complexity index is 1650. The first-order valence-corrected chi connectivity index (χ1v) is 37.7. The van der Waals surface area contributed by atoms with Crippen LogP contribution in [0.1, 0.15) is 336 Å². The number of phosphoric ester groups is 2. The minimum absolute atomic E-state index is 0.104. The standard InChI is InChI=1S/C66H128O17P2/c1-6-10-13-16-18-20-21-22-26-29-32-36-40-45-50-64(69)77-56-62(83-66(71)52-47-42-37-33-30-27-24-23-25-28-31-34-39-43-48-59(5)9-4)58-81-85(74,75)79-54-60(67)53-78-84(72,73)80-57-61(55-76-63(68)49-44-38-15-12-8-3)82-65(70)51-46-41-35-19-17-14-11-7-2/h59-62,67H,6-58H2,1-5H3,(H,72,73)(H,74,75)/t59?,60-,61+,62+/m0/s1. The van der Waals surface area contributed by atoms with Crippen molar-refractivity contribution in [2.75, 3.05) is 39.6 Å². The van der Waals surface area contributed by atoms with E-state index in [0.29, 0.717) is 25.7 Å². The summed E-state index contributed by atoms with van der Waals surface area (Å²) in [4.78, 5) is 72.0. The molecule has 0 aliphatic carbocycles. The van der Waals surface area contributed by atoms with Crippen LogP contribution in [0.3, 0.4) is 0 Å². The minimum Gasteiger partial charge on any atom is -0.462 e. The van der Waals surface area contributed by atoms with Crippen LogP contribution in [-0.4, -0.2) is 96.7 Å². The molecule has 0 radical (unpaired) electrons. The number of ether oxygens (including phenoxy) is 4. The third kappa shape index (κ3) is 59.5. The van der Waals surface area contributed by atoms with Crippen LogP contribution in [0.5, 0.6) is 0 Å². The molecule has 0 spiro atoms. The first-order valence-electron chi connectivity index (χ1n) is 34.7. The van der Waals surface area contributed by atoms with Crippen LogP contribution in [0.25, 0.3) is 0 Å². The summed E-state index contributed by atoms with van der Waals surface area (Å²) in [5.74, 6) is -1.30. The molecule has 0 aliphatic heterocycles. The molecule has 0 aromatic heterocycles. The molecule has 0 aromatic rings. The molecule has 0 rings (SSSR count). The van der Waals surface area contributed by atoms with E-state index < -0.39 is 97.5 Å². The van der Waals surface area contributed by atoms with Crippen molar-refractivity contribution < 1.29 is 80.2 Å². The summed E-state index contributed by atoms with van der Waals surface area (Å²) in [5.41, 5.74) is 0. The van der Waals surface area contributed by atoms with Crippen LogP contribution in [0.15, 0.2) is 0 Å². The van der Waals surface area contributed by atoms with E-state index in [4.69, 9.17) is 37.0 Å². The summed E-state index contributed by atoms with van der Waals surface area (Å²) in [6.45, 7) is 7.15. The Morgan fingerprint density at radius 3 is 0.835 bits per heavy atom. The average molecular weight is 1260 g/mol. The van der Waals surface area contributed by atoms with E-state index in [1.54, 1.807) is 0 Å². The van der Waals surface area contributed by atoms with E-state index in [9.17, 15) is 43.2 Å². The van der Waals surface area contributed by atoms with Crippen LogP contribution < -0.4 is 0 Å². The van der Waals surface area contributed by atoms with Gasteiger partial charge in [0, 0.05) is 25.7 Å². The van der Waals surface area contributed by atoms with E-state index in [1.165, 1.54) is 148 Å². The smallest absolute Gasteiger partial charge is 0.462 e. The topological polar surface area (TPSA) is 237 Å². The molecule has 0 aromatic carbocycles. The second-order valence-electron chi connectivity index (χ2n) is 24.1. The second-order valence-corrected chi connectivity index (χ2v) is 27.0. The molecular formula is C66H128O17P2. The van der Waals surface area contributed by atoms with Gasteiger partial charge in [-0.05, 0) is 31.6 Å². The summed E-state index contributed by atoms with van der Waals surface area (Å²) in [6, 6.07) is 0. The maximum atomic E-state index is 13.0. The van der Waals surface area contributed by atoms with Crippen LogP contribution in [-0.2, 0) is 65.4 Å². The number of phosphoric acid groups is 2. The fourth-order valence-electron chi connectivity index (χ4n) is 9.90. The first kappa shape index (κ1) is 83.1. The first-order chi connectivity index (χ1) is 41.1. The Balaban J connectivity index is 5.14. The number of unbranched alkanes of at least 4 members (excludes halogenated alkanes) is 37. The predicted octanol–water partition coefficient (Wildman–Crippen LogP) is 18.6. The van der Waals surface area contributed by atoms with Gasteiger partial charge in [-0.1, -0.05) is 285 Å². The van der Waals surface area contributed by atoms with Crippen molar-refractivity contribution >= 4 is 39.5 Å². The summed E-state index contributed by atoms with van der Waals surface area (Å²) >= 11 is 0. The van der Waals surface area contributed by atoms with Gasteiger partial charge in [0.15, 0.2) is 12.2 Å². The Hall–Kier alpha value is -1.94. The van der Waals surface area contributed by atoms with Gasteiger partial charge >= 0.3 is 39.5 Å². The van der Waals surface area contributed by atoms with Gasteiger partial charge in [-0.3, -0.25) is 37.3 Å². The summed E-state index contributed by atoms with van der Waals surface area (Å²) in [6.07, 6.45) is 44.8. The van der Waals surface area contributed by atoms with E-state index in [2.05, 4.69) is 34.6 Å². The van der Waals surface area contributed by atoms with Gasteiger partial charge in [0.1, 0.15) is 19.3 Å². The monoisotopic (exact) mass is 1250 g/mol. The zero-order valence-corrected chi connectivity index (χ0v) is 56.5. The number of hydrogen-bond donors (Lipinski definition) is 3. The van der Waals surface area contributed by atoms with E-state index >= 15 is 0 Å². The number of aliphatic hydroxyl groups excluding tert-OH is 1. The average Bonchev–Trinajstić information content (AvgIpc) is 3.56. The molecule has 0 saturated carbocycles. The molecule has 85 heavy (non-hydrogen) atoms. The van der Waals surface area contributed by atoms with Crippen LogP contribution >= 0.6 is 15.6 Å². The molecule has 17 nitrogen and oxygen atoms in total.